The fourth-order valence-electron chi connectivity index (χ4n) is 2.57. The normalized spacial score (nSPS) is 12.4. The Morgan fingerprint density at radius 3 is 2.63 bits per heavy atom. The van der Waals surface area contributed by atoms with Gasteiger partial charge in [0.1, 0.15) is 5.75 Å². The van der Waals surface area contributed by atoms with Gasteiger partial charge in [0, 0.05) is 11.3 Å². The average molecular weight is 365 g/mol. The summed E-state index contributed by atoms with van der Waals surface area (Å²) in [5.74, 6) is 0.831. The molecule has 2 aromatic carbocycles. The van der Waals surface area contributed by atoms with E-state index in [0.717, 1.165) is 11.1 Å². The summed E-state index contributed by atoms with van der Waals surface area (Å²) in [4.78, 5) is 12.5. The zero-order valence-electron chi connectivity index (χ0n) is 15.9. The molecule has 1 heterocycles. The van der Waals surface area contributed by atoms with E-state index in [1.165, 1.54) is 6.39 Å². The second-order valence-corrected chi connectivity index (χ2v) is 7.35. The Bertz CT molecular complexity index is 914. The van der Waals surface area contributed by atoms with E-state index in [1.807, 2.05) is 30.3 Å². The van der Waals surface area contributed by atoms with Crippen LogP contribution >= 0.6 is 0 Å². The summed E-state index contributed by atoms with van der Waals surface area (Å²) in [5, 5.41) is 10.4. The average Bonchev–Trinajstić information content (AvgIpc) is 3.16. The largest absolute Gasteiger partial charge is 0.481 e. The number of nitrogens with zero attached hydrogens (tertiary/aromatic N) is 2. The summed E-state index contributed by atoms with van der Waals surface area (Å²) >= 11 is 0. The van der Waals surface area contributed by atoms with Gasteiger partial charge in [-0.05, 0) is 48.2 Å². The SMILES string of the molecule is CC(Oc1cccc(C(C)(C)C)c1)C(=O)Nc1cccc(-c2nnco2)c1. The summed E-state index contributed by atoms with van der Waals surface area (Å²) in [6.07, 6.45) is 0.620. The molecule has 1 atom stereocenters. The third-order valence-corrected chi connectivity index (χ3v) is 4.12. The Morgan fingerprint density at radius 2 is 1.93 bits per heavy atom. The molecule has 3 rings (SSSR count). The van der Waals surface area contributed by atoms with Crippen molar-refractivity contribution in [2.75, 3.05) is 5.32 Å². The van der Waals surface area contributed by atoms with E-state index in [2.05, 4.69) is 42.4 Å². The second kappa shape index (κ2) is 7.61. The van der Waals surface area contributed by atoms with Crippen LogP contribution in [0.25, 0.3) is 11.5 Å². The first-order valence-electron chi connectivity index (χ1n) is 8.77. The number of hydrogen-bond acceptors (Lipinski definition) is 5. The number of aromatic nitrogens is 2. The molecule has 0 aliphatic carbocycles. The summed E-state index contributed by atoms with van der Waals surface area (Å²) < 4.78 is 11.0. The van der Waals surface area contributed by atoms with E-state index in [1.54, 1.807) is 19.1 Å². The van der Waals surface area contributed by atoms with Gasteiger partial charge in [-0.3, -0.25) is 4.79 Å². The number of carbonyl (C=O) groups is 1. The number of amides is 1. The van der Waals surface area contributed by atoms with Gasteiger partial charge in [0.15, 0.2) is 6.10 Å². The number of benzene rings is 2. The van der Waals surface area contributed by atoms with E-state index in [0.29, 0.717) is 17.3 Å². The van der Waals surface area contributed by atoms with Crippen LogP contribution in [0.1, 0.15) is 33.3 Å². The minimum atomic E-state index is -0.646. The highest BCUT2D eigenvalue weighted by molar-refractivity contribution is 5.94. The van der Waals surface area contributed by atoms with E-state index in [-0.39, 0.29) is 11.3 Å². The molecule has 6 heteroatoms. The molecule has 1 amide bonds. The molecule has 0 aliphatic rings. The number of anilines is 1. The maximum Gasteiger partial charge on any atom is 0.265 e. The first-order valence-corrected chi connectivity index (χ1v) is 8.77. The van der Waals surface area contributed by atoms with Crippen molar-refractivity contribution in [2.45, 2.75) is 39.2 Å². The van der Waals surface area contributed by atoms with Crippen molar-refractivity contribution >= 4 is 11.6 Å². The van der Waals surface area contributed by atoms with Crippen LogP contribution in [0.15, 0.2) is 59.3 Å². The van der Waals surface area contributed by atoms with Crippen molar-refractivity contribution in [3.63, 3.8) is 0 Å². The second-order valence-electron chi connectivity index (χ2n) is 7.35. The summed E-state index contributed by atoms with van der Waals surface area (Å²) in [5.41, 5.74) is 2.53. The smallest absolute Gasteiger partial charge is 0.265 e. The van der Waals surface area contributed by atoms with Gasteiger partial charge in [0.05, 0.1) is 0 Å². The van der Waals surface area contributed by atoms with Crippen molar-refractivity contribution in [3.05, 3.63) is 60.5 Å². The Morgan fingerprint density at radius 1 is 1.15 bits per heavy atom. The van der Waals surface area contributed by atoms with Crippen LogP contribution in [0.3, 0.4) is 0 Å². The molecule has 3 aromatic rings. The first kappa shape index (κ1) is 18.6. The topological polar surface area (TPSA) is 77.2 Å². The molecule has 0 aliphatic heterocycles. The van der Waals surface area contributed by atoms with Gasteiger partial charge < -0.3 is 14.5 Å². The third-order valence-electron chi connectivity index (χ3n) is 4.12. The van der Waals surface area contributed by atoms with Crippen molar-refractivity contribution < 1.29 is 13.9 Å². The van der Waals surface area contributed by atoms with Crippen LogP contribution in [0.2, 0.25) is 0 Å². The molecule has 1 aromatic heterocycles. The zero-order chi connectivity index (χ0) is 19.4. The van der Waals surface area contributed by atoms with Crippen LogP contribution < -0.4 is 10.1 Å². The fourth-order valence-corrected chi connectivity index (χ4v) is 2.57. The Hall–Kier alpha value is -3.15. The summed E-state index contributed by atoms with van der Waals surface area (Å²) in [6, 6.07) is 15.0. The number of carbonyl (C=O) groups excluding carboxylic acids is 1. The Kier molecular flexibility index (Phi) is 5.26. The highest BCUT2D eigenvalue weighted by atomic mass is 16.5. The van der Waals surface area contributed by atoms with E-state index < -0.39 is 6.10 Å². The highest BCUT2D eigenvalue weighted by Crippen LogP contribution is 2.26. The van der Waals surface area contributed by atoms with Gasteiger partial charge in [-0.1, -0.05) is 39.0 Å². The molecule has 140 valence electrons. The molecule has 0 saturated carbocycles. The molecule has 0 bridgehead atoms. The van der Waals surface area contributed by atoms with Gasteiger partial charge in [-0.2, -0.15) is 0 Å². The number of nitrogens with one attached hydrogen (secondary N) is 1. The molecular weight excluding hydrogens is 342 g/mol. The van der Waals surface area contributed by atoms with Crippen LogP contribution in [0.5, 0.6) is 5.75 Å². The lowest BCUT2D eigenvalue weighted by atomic mass is 9.87. The van der Waals surface area contributed by atoms with Crippen molar-refractivity contribution in [1.82, 2.24) is 10.2 Å². The predicted molar refractivity (Wildman–Crippen MR) is 104 cm³/mol. The third kappa shape index (κ3) is 4.73. The Balaban J connectivity index is 1.67. The molecular formula is C21H23N3O3. The monoisotopic (exact) mass is 365 g/mol. The quantitative estimate of drug-likeness (QED) is 0.723. The number of ether oxygens (including phenoxy) is 1. The molecule has 27 heavy (non-hydrogen) atoms. The van der Waals surface area contributed by atoms with Gasteiger partial charge >= 0.3 is 0 Å². The van der Waals surface area contributed by atoms with Crippen LogP contribution in [0, 0.1) is 0 Å². The molecule has 0 spiro atoms. The minimum absolute atomic E-state index is 0.0139. The van der Waals surface area contributed by atoms with Crippen LogP contribution in [0.4, 0.5) is 5.69 Å². The number of rotatable bonds is 5. The van der Waals surface area contributed by atoms with E-state index in [4.69, 9.17) is 9.15 Å². The lowest BCUT2D eigenvalue weighted by Crippen LogP contribution is -2.30. The first-order chi connectivity index (χ1) is 12.8. The maximum absolute atomic E-state index is 12.5. The summed E-state index contributed by atoms with van der Waals surface area (Å²) in [7, 11) is 0. The van der Waals surface area contributed by atoms with Gasteiger partial charge in [-0.25, -0.2) is 0 Å². The van der Waals surface area contributed by atoms with Gasteiger partial charge in [0.25, 0.3) is 5.91 Å². The minimum Gasteiger partial charge on any atom is -0.481 e. The lowest BCUT2D eigenvalue weighted by molar-refractivity contribution is -0.122. The van der Waals surface area contributed by atoms with E-state index >= 15 is 0 Å². The lowest BCUT2D eigenvalue weighted by Gasteiger charge is -2.21. The van der Waals surface area contributed by atoms with Crippen molar-refractivity contribution in [2.24, 2.45) is 0 Å². The molecule has 0 radical (unpaired) electrons. The van der Waals surface area contributed by atoms with E-state index in [9.17, 15) is 4.79 Å². The molecule has 1 N–H and O–H groups in total. The van der Waals surface area contributed by atoms with Crippen molar-refractivity contribution in [1.29, 1.82) is 0 Å². The highest BCUT2D eigenvalue weighted by Gasteiger charge is 2.18. The molecule has 6 nitrogen and oxygen atoms in total. The zero-order valence-corrected chi connectivity index (χ0v) is 15.9. The van der Waals surface area contributed by atoms with Gasteiger partial charge in [0.2, 0.25) is 12.3 Å². The standard InChI is InChI=1S/C21H23N3O3/c1-14(27-18-10-6-8-16(12-18)21(2,3)4)19(25)23-17-9-5-7-15(11-17)20-24-22-13-26-20/h5-14H,1-4H3,(H,23,25). The number of hydrogen-bond donors (Lipinski definition) is 1. The van der Waals surface area contributed by atoms with Crippen LogP contribution in [-0.4, -0.2) is 22.2 Å². The van der Waals surface area contributed by atoms with Crippen molar-refractivity contribution in [3.8, 4) is 17.2 Å². The fraction of sp³-hybridized carbons (Fsp3) is 0.286. The predicted octanol–water partition coefficient (Wildman–Crippen LogP) is 4.44. The van der Waals surface area contributed by atoms with Crippen LogP contribution in [-0.2, 0) is 10.2 Å². The molecule has 1 unspecified atom stereocenters. The van der Waals surface area contributed by atoms with Gasteiger partial charge in [-0.15, -0.1) is 10.2 Å². The molecule has 0 fully saturated rings. The Labute approximate surface area is 158 Å². The molecule has 0 saturated heterocycles. The summed E-state index contributed by atoms with van der Waals surface area (Å²) in [6.45, 7) is 8.14. The maximum atomic E-state index is 12.5.